The second-order valence-electron chi connectivity index (χ2n) is 6.72. The topological polar surface area (TPSA) is 9.23 Å². The highest BCUT2D eigenvalue weighted by Gasteiger charge is 2.29. The molecule has 0 saturated heterocycles. The van der Waals surface area contributed by atoms with E-state index in [-0.39, 0.29) is 0 Å². The number of rotatable bonds is 7. The molecule has 0 aromatic heterocycles. The van der Waals surface area contributed by atoms with Gasteiger partial charge in [0.2, 0.25) is 0 Å². The van der Waals surface area contributed by atoms with E-state index in [1.807, 2.05) is 6.07 Å². The second kappa shape index (κ2) is 9.14. The molecule has 0 spiro atoms. The van der Waals surface area contributed by atoms with Crippen LogP contribution in [0.5, 0.6) is 0 Å². The van der Waals surface area contributed by atoms with Crippen molar-refractivity contribution in [1.29, 1.82) is 0 Å². The summed E-state index contributed by atoms with van der Waals surface area (Å²) >= 11 is 0. The Labute approximate surface area is 139 Å². The minimum atomic E-state index is -1.89. The number of hydrogen-bond donors (Lipinski definition) is 0. The molecule has 0 aliphatic heterocycles. The summed E-state index contributed by atoms with van der Waals surface area (Å²) in [6, 6.07) is 10.4. The first-order chi connectivity index (χ1) is 10.3. The molecule has 1 rings (SSSR count). The zero-order chi connectivity index (χ0) is 16.5. The molecule has 120 valence electrons. The Balaban J connectivity index is 2.59. The third kappa shape index (κ3) is 8.38. The Hall–Kier alpha value is -1.09. The van der Waals surface area contributed by atoms with Crippen LogP contribution >= 0.6 is 0 Å². The summed E-state index contributed by atoms with van der Waals surface area (Å²) in [6.45, 7) is 11.2. The normalized spacial score (nSPS) is 12.2. The molecule has 0 aliphatic carbocycles. The molecule has 0 heterocycles. The first-order valence-electron chi connectivity index (χ1n) is 8.29. The van der Waals surface area contributed by atoms with Crippen LogP contribution in [0.4, 0.5) is 0 Å². The molecule has 0 unspecified atom stereocenters. The standard InChI is InChI=1S/C19H30OSi2/c1-6-7-8-9-13-17-21(2,3)20-22(4,5)18-16-19-14-11-10-12-15-19/h10-12,14-16,18H,6-9H2,1-5H3. The first kappa shape index (κ1) is 19.0. The van der Waals surface area contributed by atoms with E-state index in [1.165, 1.54) is 24.8 Å². The van der Waals surface area contributed by atoms with Crippen molar-refractivity contribution in [1.82, 2.24) is 0 Å². The maximum Gasteiger partial charge on any atom is 0.256 e. The van der Waals surface area contributed by atoms with Crippen molar-refractivity contribution in [3.05, 3.63) is 41.6 Å². The average molecular weight is 331 g/mol. The molecule has 0 amide bonds. The van der Waals surface area contributed by atoms with Crippen molar-refractivity contribution in [2.45, 2.75) is 58.8 Å². The fourth-order valence-electron chi connectivity index (χ4n) is 2.32. The van der Waals surface area contributed by atoms with Crippen LogP contribution < -0.4 is 0 Å². The molecule has 0 radical (unpaired) electrons. The molecule has 22 heavy (non-hydrogen) atoms. The van der Waals surface area contributed by atoms with E-state index in [1.54, 1.807) is 0 Å². The van der Waals surface area contributed by atoms with E-state index in [9.17, 15) is 0 Å². The molecule has 0 fully saturated rings. The lowest BCUT2D eigenvalue weighted by Crippen LogP contribution is -2.42. The third-order valence-electron chi connectivity index (χ3n) is 3.29. The van der Waals surface area contributed by atoms with E-state index < -0.39 is 16.6 Å². The fourth-order valence-corrected chi connectivity index (χ4v) is 9.20. The minimum Gasteiger partial charge on any atom is -0.444 e. The van der Waals surface area contributed by atoms with E-state index in [0.29, 0.717) is 0 Å². The van der Waals surface area contributed by atoms with Gasteiger partial charge in [0.05, 0.1) is 0 Å². The van der Waals surface area contributed by atoms with Crippen LogP contribution in [0.25, 0.3) is 6.08 Å². The van der Waals surface area contributed by atoms with Gasteiger partial charge >= 0.3 is 0 Å². The molecule has 1 aromatic rings. The minimum absolute atomic E-state index is 1.01. The average Bonchev–Trinajstić information content (AvgIpc) is 2.45. The predicted octanol–water partition coefficient (Wildman–Crippen LogP) is 5.79. The van der Waals surface area contributed by atoms with E-state index >= 15 is 0 Å². The van der Waals surface area contributed by atoms with Gasteiger partial charge in [0, 0.05) is 6.42 Å². The van der Waals surface area contributed by atoms with Gasteiger partial charge in [-0.1, -0.05) is 67.4 Å². The highest BCUT2D eigenvalue weighted by Crippen LogP contribution is 2.16. The van der Waals surface area contributed by atoms with Gasteiger partial charge in [0.25, 0.3) is 8.32 Å². The molecule has 0 saturated carbocycles. The van der Waals surface area contributed by atoms with Crippen LogP contribution in [-0.4, -0.2) is 16.6 Å². The highest BCUT2D eigenvalue weighted by molar-refractivity contribution is 6.91. The summed E-state index contributed by atoms with van der Waals surface area (Å²) in [6.07, 6.45) is 6.93. The van der Waals surface area contributed by atoms with Gasteiger partial charge in [0.1, 0.15) is 0 Å². The van der Waals surface area contributed by atoms with E-state index in [4.69, 9.17) is 4.12 Å². The van der Waals surface area contributed by atoms with Crippen molar-refractivity contribution in [2.75, 3.05) is 0 Å². The maximum atomic E-state index is 6.47. The number of hydrogen-bond acceptors (Lipinski definition) is 1. The summed E-state index contributed by atoms with van der Waals surface area (Å²) in [4.78, 5) is 0. The second-order valence-corrected chi connectivity index (χ2v) is 14.3. The van der Waals surface area contributed by atoms with Crippen molar-refractivity contribution < 1.29 is 4.12 Å². The molecular formula is C19H30OSi2. The van der Waals surface area contributed by atoms with Crippen LogP contribution in [0.1, 0.15) is 38.2 Å². The van der Waals surface area contributed by atoms with Crippen LogP contribution in [0.2, 0.25) is 26.2 Å². The third-order valence-corrected chi connectivity index (χ3v) is 9.18. The Morgan fingerprint density at radius 1 is 1.05 bits per heavy atom. The SMILES string of the molecule is CCCCCC#C[Si](C)(C)O[Si](C)(C)C=Cc1ccccc1. The van der Waals surface area contributed by atoms with E-state index in [2.05, 4.69) is 80.6 Å². The highest BCUT2D eigenvalue weighted by atomic mass is 28.4. The van der Waals surface area contributed by atoms with E-state index in [0.717, 1.165) is 6.42 Å². The van der Waals surface area contributed by atoms with Gasteiger partial charge in [-0.15, -0.1) is 5.92 Å². The molecule has 0 N–H and O–H groups in total. The molecule has 3 heteroatoms. The molecular weight excluding hydrogens is 300 g/mol. The van der Waals surface area contributed by atoms with Crippen LogP contribution in [0, 0.1) is 11.5 Å². The monoisotopic (exact) mass is 330 g/mol. The van der Waals surface area contributed by atoms with Gasteiger partial charge in [-0.25, -0.2) is 0 Å². The molecule has 1 aromatic carbocycles. The lowest BCUT2D eigenvalue weighted by Gasteiger charge is -2.28. The molecule has 1 nitrogen and oxygen atoms in total. The van der Waals surface area contributed by atoms with Crippen molar-refractivity contribution in [3.63, 3.8) is 0 Å². The largest absolute Gasteiger partial charge is 0.444 e. The number of benzene rings is 1. The Bertz CT molecular complexity index is 521. The maximum absolute atomic E-state index is 6.47. The summed E-state index contributed by atoms with van der Waals surface area (Å²) < 4.78 is 6.47. The van der Waals surface area contributed by atoms with Gasteiger partial charge in [-0.2, -0.15) is 0 Å². The van der Waals surface area contributed by atoms with Crippen molar-refractivity contribution in [2.24, 2.45) is 0 Å². The first-order valence-corrected chi connectivity index (χ1v) is 14.2. The zero-order valence-corrected chi connectivity index (χ0v) is 16.8. The Kier molecular flexibility index (Phi) is 7.88. The van der Waals surface area contributed by atoms with Crippen LogP contribution in [0.15, 0.2) is 36.0 Å². The van der Waals surface area contributed by atoms with Gasteiger partial charge < -0.3 is 4.12 Å². The lowest BCUT2D eigenvalue weighted by molar-refractivity contribution is 0.574. The molecule has 0 atom stereocenters. The lowest BCUT2D eigenvalue weighted by atomic mass is 10.2. The van der Waals surface area contributed by atoms with Gasteiger partial charge in [0.15, 0.2) is 8.32 Å². The Morgan fingerprint density at radius 3 is 2.36 bits per heavy atom. The summed E-state index contributed by atoms with van der Waals surface area (Å²) in [5, 5.41) is 0. The quantitative estimate of drug-likeness (QED) is 0.349. The van der Waals surface area contributed by atoms with Gasteiger partial charge in [-0.05, 0) is 38.2 Å². The number of unbranched alkanes of at least 4 members (excludes halogenated alkanes) is 3. The fraction of sp³-hybridized carbons (Fsp3) is 0.474. The zero-order valence-electron chi connectivity index (χ0n) is 14.8. The van der Waals surface area contributed by atoms with Crippen molar-refractivity contribution >= 4 is 22.7 Å². The molecule has 0 bridgehead atoms. The van der Waals surface area contributed by atoms with Crippen LogP contribution in [-0.2, 0) is 4.12 Å². The summed E-state index contributed by atoms with van der Waals surface area (Å²) in [7, 11) is -3.71. The van der Waals surface area contributed by atoms with Crippen LogP contribution in [0.3, 0.4) is 0 Å². The van der Waals surface area contributed by atoms with Gasteiger partial charge in [-0.3, -0.25) is 0 Å². The summed E-state index contributed by atoms with van der Waals surface area (Å²) in [5.74, 6) is 3.34. The Morgan fingerprint density at radius 2 is 1.73 bits per heavy atom. The van der Waals surface area contributed by atoms with Crippen molar-refractivity contribution in [3.8, 4) is 11.5 Å². The summed E-state index contributed by atoms with van der Waals surface area (Å²) in [5.41, 5.74) is 6.95. The smallest absolute Gasteiger partial charge is 0.256 e. The molecule has 0 aliphatic rings. The predicted molar refractivity (Wildman–Crippen MR) is 103 cm³/mol.